The highest BCUT2D eigenvalue weighted by atomic mass is 19.4. The second-order valence-corrected chi connectivity index (χ2v) is 4.74. The molecule has 0 fully saturated rings. The molecule has 0 amide bonds. The zero-order valence-corrected chi connectivity index (χ0v) is 11.8. The minimum atomic E-state index is -4.37. The summed E-state index contributed by atoms with van der Waals surface area (Å²) < 4.78 is 45.2. The van der Waals surface area contributed by atoms with E-state index in [0.717, 1.165) is 17.8 Å². The van der Waals surface area contributed by atoms with Crippen LogP contribution in [0.3, 0.4) is 0 Å². The third-order valence-electron chi connectivity index (χ3n) is 3.24. The topological polar surface area (TPSA) is 26.5 Å². The van der Waals surface area contributed by atoms with Crippen molar-refractivity contribution in [3.63, 3.8) is 0 Å². The van der Waals surface area contributed by atoms with Gasteiger partial charge < -0.3 is 9.14 Å². The van der Waals surface area contributed by atoms with Gasteiger partial charge in [-0.05, 0) is 31.2 Å². The minimum absolute atomic E-state index is 0.453. The van der Waals surface area contributed by atoms with Crippen LogP contribution in [0.25, 0.3) is 16.9 Å². The Balaban J connectivity index is 2.09. The fraction of sp³-hybridized carbons (Fsp3) is 0.188. The third-order valence-corrected chi connectivity index (χ3v) is 3.24. The fourth-order valence-electron chi connectivity index (χ4n) is 2.25. The molecule has 3 rings (SSSR count). The van der Waals surface area contributed by atoms with Crippen LogP contribution >= 0.6 is 0 Å². The van der Waals surface area contributed by atoms with Gasteiger partial charge in [-0.25, -0.2) is 4.98 Å². The summed E-state index contributed by atoms with van der Waals surface area (Å²) in [6.45, 7) is 2.37. The van der Waals surface area contributed by atoms with Crippen molar-refractivity contribution in [2.45, 2.75) is 13.1 Å². The van der Waals surface area contributed by atoms with Gasteiger partial charge in [0.05, 0.1) is 17.9 Å². The summed E-state index contributed by atoms with van der Waals surface area (Å²) in [6, 6.07) is 9.70. The summed E-state index contributed by atoms with van der Waals surface area (Å²) in [4.78, 5) is 4.36. The monoisotopic (exact) mass is 306 g/mol. The maximum absolute atomic E-state index is 12.8. The van der Waals surface area contributed by atoms with Crippen molar-refractivity contribution in [1.29, 1.82) is 0 Å². The van der Waals surface area contributed by atoms with Crippen molar-refractivity contribution >= 4 is 5.65 Å². The van der Waals surface area contributed by atoms with E-state index in [1.54, 1.807) is 6.20 Å². The lowest BCUT2D eigenvalue weighted by Gasteiger charge is -2.07. The summed E-state index contributed by atoms with van der Waals surface area (Å²) in [6.07, 6.45) is -1.76. The summed E-state index contributed by atoms with van der Waals surface area (Å²) in [7, 11) is 0. The Morgan fingerprint density at radius 2 is 1.86 bits per heavy atom. The van der Waals surface area contributed by atoms with Crippen LogP contribution < -0.4 is 4.74 Å². The predicted octanol–water partition coefficient (Wildman–Crippen LogP) is 4.42. The number of aromatic nitrogens is 2. The van der Waals surface area contributed by atoms with Crippen LogP contribution in [0.5, 0.6) is 5.75 Å². The molecule has 3 aromatic rings. The van der Waals surface area contributed by atoms with Gasteiger partial charge in [0.2, 0.25) is 0 Å². The van der Waals surface area contributed by atoms with E-state index in [-0.39, 0.29) is 0 Å². The van der Waals surface area contributed by atoms with Gasteiger partial charge in [0.25, 0.3) is 0 Å². The highest BCUT2D eigenvalue weighted by Gasteiger charge is 2.30. The lowest BCUT2D eigenvalue weighted by Crippen LogP contribution is -2.05. The SMILES string of the molecule is CCOc1ccccc1-c1cn2cc(C(F)(F)F)ccc2n1. The zero-order valence-electron chi connectivity index (χ0n) is 11.8. The van der Waals surface area contributed by atoms with E-state index in [9.17, 15) is 13.2 Å². The smallest absolute Gasteiger partial charge is 0.417 e. The number of pyridine rings is 1. The number of imidazole rings is 1. The Hall–Kier alpha value is -2.50. The van der Waals surface area contributed by atoms with Gasteiger partial charge in [-0.1, -0.05) is 12.1 Å². The first kappa shape index (κ1) is 14.4. The van der Waals surface area contributed by atoms with Crippen LogP contribution in [-0.4, -0.2) is 16.0 Å². The number of halogens is 3. The van der Waals surface area contributed by atoms with E-state index in [1.165, 1.54) is 10.5 Å². The number of nitrogens with zero attached hydrogens (tertiary/aromatic N) is 2. The number of alkyl halides is 3. The lowest BCUT2D eigenvalue weighted by molar-refractivity contribution is -0.137. The Morgan fingerprint density at radius 3 is 2.59 bits per heavy atom. The molecule has 2 aromatic heterocycles. The quantitative estimate of drug-likeness (QED) is 0.716. The van der Waals surface area contributed by atoms with Crippen LogP contribution in [0.1, 0.15) is 12.5 Å². The third kappa shape index (κ3) is 2.64. The molecule has 0 radical (unpaired) electrons. The lowest BCUT2D eigenvalue weighted by atomic mass is 10.1. The summed E-state index contributed by atoms with van der Waals surface area (Å²) in [5.41, 5.74) is 1.07. The first-order valence-corrected chi connectivity index (χ1v) is 6.77. The van der Waals surface area contributed by atoms with Gasteiger partial charge in [-0.3, -0.25) is 0 Å². The normalized spacial score (nSPS) is 11.8. The van der Waals surface area contributed by atoms with Crippen LogP contribution in [-0.2, 0) is 6.18 Å². The fourth-order valence-corrected chi connectivity index (χ4v) is 2.25. The first-order valence-electron chi connectivity index (χ1n) is 6.77. The predicted molar refractivity (Wildman–Crippen MR) is 76.8 cm³/mol. The molecule has 0 saturated heterocycles. The van der Waals surface area contributed by atoms with Crippen molar-refractivity contribution in [2.24, 2.45) is 0 Å². The second kappa shape index (κ2) is 5.36. The van der Waals surface area contributed by atoms with E-state index >= 15 is 0 Å². The van der Waals surface area contributed by atoms with Gasteiger partial charge in [0, 0.05) is 18.0 Å². The highest BCUT2D eigenvalue weighted by molar-refractivity contribution is 5.69. The summed E-state index contributed by atoms with van der Waals surface area (Å²) in [5, 5.41) is 0. The number of rotatable bonds is 3. The van der Waals surface area contributed by atoms with Gasteiger partial charge >= 0.3 is 6.18 Å². The van der Waals surface area contributed by atoms with Crippen LogP contribution in [0, 0.1) is 0 Å². The molecule has 114 valence electrons. The van der Waals surface area contributed by atoms with Crippen molar-refractivity contribution in [3.8, 4) is 17.0 Å². The van der Waals surface area contributed by atoms with E-state index in [2.05, 4.69) is 4.98 Å². The maximum atomic E-state index is 12.8. The molecule has 0 atom stereocenters. The molecular formula is C16H13F3N2O. The largest absolute Gasteiger partial charge is 0.493 e. The molecular weight excluding hydrogens is 293 g/mol. The van der Waals surface area contributed by atoms with E-state index in [0.29, 0.717) is 23.7 Å². The molecule has 0 aliphatic carbocycles. The molecule has 0 aliphatic rings. The molecule has 0 unspecified atom stereocenters. The Bertz CT molecular complexity index is 809. The number of para-hydroxylation sites is 1. The molecule has 3 nitrogen and oxygen atoms in total. The molecule has 0 N–H and O–H groups in total. The molecule has 0 bridgehead atoms. The Labute approximate surface area is 125 Å². The molecule has 0 saturated carbocycles. The van der Waals surface area contributed by atoms with Gasteiger partial charge in [0.1, 0.15) is 11.4 Å². The molecule has 1 aromatic carbocycles. The number of benzene rings is 1. The average Bonchev–Trinajstić information content (AvgIpc) is 2.90. The maximum Gasteiger partial charge on any atom is 0.417 e. The van der Waals surface area contributed by atoms with Crippen molar-refractivity contribution in [1.82, 2.24) is 9.38 Å². The van der Waals surface area contributed by atoms with Crippen LogP contribution in [0.4, 0.5) is 13.2 Å². The van der Waals surface area contributed by atoms with Crippen LogP contribution in [0.2, 0.25) is 0 Å². The average molecular weight is 306 g/mol. The number of hydrogen-bond donors (Lipinski definition) is 0. The molecule has 0 aliphatic heterocycles. The molecule has 0 spiro atoms. The number of fused-ring (bicyclic) bond motifs is 1. The zero-order chi connectivity index (χ0) is 15.7. The molecule has 22 heavy (non-hydrogen) atoms. The summed E-state index contributed by atoms with van der Waals surface area (Å²) in [5.74, 6) is 0.657. The van der Waals surface area contributed by atoms with Crippen molar-refractivity contribution in [3.05, 3.63) is 54.4 Å². The van der Waals surface area contributed by atoms with Crippen LogP contribution in [0.15, 0.2) is 48.8 Å². The van der Waals surface area contributed by atoms with Gasteiger partial charge in [0.15, 0.2) is 0 Å². The molecule has 6 heteroatoms. The van der Waals surface area contributed by atoms with Crippen molar-refractivity contribution < 1.29 is 17.9 Å². The second-order valence-electron chi connectivity index (χ2n) is 4.74. The highest BCUT2D eigenvalue weighted by Crippen LogP contribution is 2.32. The van der Waals surface area contributed by atoms with E-state index in [1.807, 2.05) is 31.2 Å². The molecule has 2 heterocycles. The van der Waals surface area contributed by atoms with Crippen molar-refractivity contribution in [2.75, 3.05) is 6.61 Å². The van der Waals surface area contributed by atoms with E-state index in [4.69, 9.17) is 4.74 Å². The van der Waals surface area contributed by atoms with Gasteiger partial charge in [-0.2, -0.15) is 13.2 Å². The Morgan fingerprint density at radius 1 is 1.09 bits per heavy atom. The Kier molecular flexibility index (Phi) is 3.52. The minimum Gasteiger partial charge on any atom is -0.493 e. The first-order chi connectivity index (χ1) is 10.5. The number of hydrogen-bond acceptors (Lipinski definition) is 2. The van der Waals surface area contributed by atoms with Gasteiger partial charge in [-0.15, -0.1) is 0 Å². The van der Waals surface area contributed by atoms with E-state index < -0.39 is 11.7 Å². The number of ether oxygens (including phenoxy) is 1. The summed E-state index contributed by atoms with van der Waals surface area (Å²) >= 11 is 0. The standard InChI is InChI=1S/C16H13F3N2O/c1-2-22-14-6-4-3-5-12(14)13-10-21-9-11(16(17,18)19)7-8-15(21)20-13/h3-10H,2H2,1H3.